The third-order valence-corrected chi connectivity index (χ3v) is 2.80. The lowest BCUT2D eigenvalue weighted by atomic mass is 10.2. The highest BCUT2D eigenvalue weighted by molar-refractivity contribution is 5.67. The molecule has 120 valence electrons. The Morgan fingerprint density at radius 2 is 2.00 bits per heavy atom. The Balaban J connectivity index is 2.02. The van der Waals surface area contributed by atoms with Gasteiger partial charge in [-0.15, -0.1) is 0 Å². The molecular formula is C15H28N4O2. The number of hydrogen-bond acceptors (Lipinski definition) is 4. The summed E-state index contributed by atoms with van der Waals surface area (Å²) in [5.74, 6) is 0. The first-order valence-corrected chi connectivity index (χ1v) is 7.46. The molecule has 0 radical (unpaired) electrons. The Hall–Kier alpha value is -1.56. The van der Waals surface area contributed by atoms with Crippen molar-refractivity contribution in [3.63, 3.8) is 0 Å². The largest absolute Gasteiger partial charge is 0.444 e. The zero-order valence-corrected chi connectivity index (χ0v) is 13.8. The van der Waals surface area contributed by atoms with Gasteiger partial charge in [0.1, 0.15) is 5.60 Å². The smallest absolute Gasteiger partial charge is 0.407 e. The molecule has 2 N–H and O–H groups in total. The van der Waals surface area contributed by atoms with E-state index in [-0.39, 0.29) is 6.09 Å². The summed E-state index contributed by atoms with van der Waals surface area (Å²) < 4.78 is 7.17. The maximum Gasteiger partial charge on any atom is 0.407 e. The summed E-state index contributed by atoms with van der Waals surface area (Å²) in [5, 5.41) is 10.4. The van der Waals surface area contributed by atoms with Gasteiger partial charge in [-0.3, -0.25) is 4.68 Å². The van der Waals surface area contributed by atoms with Crippen molar-refractivity contribution in [3.05, 3.63) is 17.5 Å². The van der Waals surface area contributed by atoms with E-state index >= 15 is 0 Å². The highest BCUT2D eigenvalue weighted by atomic mass is 16.6. The standard InChI is InChI=1S/C15H28N4O2/c1-12-11-13(2)19(18-12)10-6-7-16-8-9-17-14(20)21-15(3,4)5/h11,16H,6-10H2,1-5H3,(H,17,20). The molecule has 0 aliphatic carbocycles. The number of ether oxygens (including phenoxy) is 1. The van der Waals surface area contributed by atoms with Crippen LogP contribution >= 0.6 is 0 Å². The Kier molecular flexibility index (Phi) is 6.68. The van der Waals surface area contributed by atoms with Crippen molar-refractivity contribution in [2.24, 2.45) is 0 Å². The number of alkyl carbamates (subject to hydrolysis) is 1. The number of aromatic nitrogens is 2. The fraction of sp³-hybridized carbons (Fsp3) is 0.733. The molecule has 0 saturated heterocycles. The number of carbonyl (C=O) groups excluding carboxylic acids is 1. The highest BCUT2D eigenvalue weighted by Gasteiger charge is 2.15. The van der Waals surface area contributed by atoms with Crippen LogP contribution in [0.3, 0.4) is 0 Å². The fourth-order valence-electron chi connectivity index (χ4n) is 1.95. The molecule has 6 nitrogen and oxygen atoms in total. The van der Waals surface area contributed by atoms with E-state index in [1.165, 1.54) is 5.69 Å². The zero-order chi connectivity index (χ0) is 15.9. The molecule has 21 heavy (non-hydrogen) atoms. The minimum absolute atomic E-state index is 0.369. The molecule has 1 aromatic heterocycles. The third kappa shape index (κ3) is 7.70. The number of nitrogens with zero attached hydrogens (tertiary/aromatic N) is 2. The van der Waals surface area contributed by atoms with Gasteiger partial charge < -0.3 is 15.4 Å². The van der Waals surface area contributed by atoms with E-state index in [2.05, 4.69) is 28.7 Å². The molecule has 0 aliphatic heterocycles. The predicted octanol–water partition coefficient (Wildman–Crippen LogP) is 2.00. The van der Waals surface area contributed by atoms with E-state index in [0.717, 1.165) is 31.7 Å². The van der Waals surface area contributed by atoms with Crippen LogP contribution in [0.15, 0.2) is 6.07 Å². The Morgan fingerprint density at radius 3 is 2.57 bits per heavy atom. The number of carbonyl (C=O) groups is 1. The number of aryl methyl sites for hydroxylation is 3. The van der Waals surface area contributed by atoms with Gasteiger partial charge in [-0.05, 0) is 53.7 Å². The van der Waals surface area contributed by atoms with Gasteiger partial charge in [-0.1, -0.05) is 0 Å². The van der Waals surface area contributed by atoms with Gasteiger partial charge in [0.25, 0.3) is 0 Å². The number of nitrogens with one attached hydrogen (secondary N) is 2. The SMILES string of the molecule is Cc1cc(C)n(CCCNCCNC(=O)OC(C)(C)C)n1. The Labute approximate surface area is 127 Å². The highest BCUT2D eigenvalue weighted by Crippen LogP contribution is 2.06. The fourth-order valence-corrected chi connectivity index (χ4v) is 1.95. The lowest BCUT2D eigenvalue weighted by molar-refractivity contribution is 0.0528. The first-order chi connectivity index (χ1) is 9.78. The summed E-state index contributed by atoms with van der Waals surface area (Å²) >= 11 is 0. The van der Waals surface area contributed by atoms with Crippen LogP contribution in [0.5, 0.6) is 0 Å². The van der Waals surface area contributed by atoms with E-state index < -0.39 is 5.60 Å². The van der Waals surface area contributed by atoms with E-state index in [4.69, 9.17) is 4.74 Å². The van der Waals surface area contributed by atoms with Crippen LogP contribution in [0.25, 0.3) is 0 Å². The van der Waals surface area contributed by atoms with Gasteiger partial charge in [-0.2, -0.15) is 5.10 Å². The number of amides is 1. The van der Waals surface area contributed by atoms with E-state index in [9.17, 15) is 4.79 Å². The molecule has 0 bridgehead atoms. The van der Waals surface area contributed by atoms with Gasteiger partial charge >= 0.3 is 6.09 Å². The normalized spacial score (nSPS) is 11.5. The zero-order valence-electron chi connectivity index (χ0n) is 13.8. The van der Waals surface area contributed by atoms with Crippen LogP contribution in [0.4, 0.5) is 4.79 Å². The summed E-state index contributed by atoms with van der Waals surface area (Å²) in [6.07, 6.45) is 0.640. The number of hydrogen-bond donors (Lipinski definition) is 2. The Morgan fingerprint density at radius 1 is 1.29 bits per heavy atom. The summed E-state index contributed by atoms with van der Waals surface area (Å²) in [7, 11) is 0. The van der Waals surface area contributed by atoms with Gasteiger partial charge in [0.05, 0.1) is 5.69 Å². The maximum atomic E-state index is 11.4. The summed E-state index contributed by atoms with van der Waals surface area (Å²) in [6, 6.07) is 2.08. The average Bonchev–Trinajstić information content (AvgIpc) is 2.64. The van der Waals surface area contributed by atoms with Crippen LogP contribution in [0.2, 0.25) is 0 Å². The monoisotopic (exact) mass is 296 g/mol. The molecule has 0 fully saturated rings. The van der Waals surface area contributed by atoms with Gasteiger partial charge in [0.2, 0.25) is 0 Å². The van der Waals surface area contributed by atoms with Gasteiger partial charge in [0.15, 0.2) is 0 Å². The quantitative estimate of drug-likeness (QED) is 0.755. The molecule has 0 aliphatic rings. The molecule has 0 spiro atoms. The second-order valence-corrected chi connectivity index (χ2v) is 6.18. The van der Waals surface area contributed by atoms with Crippen LogP contribution in [0.1, 0.15) is 38.6 Å². The van der Waals surface area contributed by atoms with Crippen LogP contribution in [-0.2, 0) is 11.3 Å². The minimum Gasteiger partial charge on any atom is -0.444 e. The topological polar surface area (TPSA) is 68.2 Å². The van der Waals surface area contributed by atoms with E-state index in [1.54, 1.807) is 0 Å². The van der Waals surface area contributed by atoms with Crippen molar-refractivity contribution < 1.29 is 9.53 Å². The first-order valence-electron chi connectivity index (χ1n) is 7.46. The van der Waals surface area contributed by atoms with Crippen LogP contribution in [0, 0.1) is 13.8 Å². The summed E-state index contributed by atoms with van der Waals surface area (Å²) in [5.41, 5.74) is 1.80. The van der Waals surface area contributed by atoms with Crippen molar-refractivity contribution in [1.29, 1.82) is 0 Å². The molecule has 0 unspecified atom stereocenters. The summed E-state index contributed by atoms with van der Waals surface area (Å²) in [6.45, 7) is 12.7. The molecule has 0 atom stereocenters. The lowest BCUT2D eigenvalue weighted by Crippen LogP contribution is -2.36. The minimum atomic E-state index is -0.447. The molecule has 1 rings (SSSR count). The molecule has 1 aromatic rings. The molecule has 1 heterocycles. The van der Waals surface area contributed by atoms with Crippen molar-refractivity contribution in [2.75, 3.05) is 19.6 Å². The van der Waals surface area contributed by atoms with Gasteiger partial charge in [0, 0.05) is 25.3 Å². The maximum absolute atomic E-state index is 11.4. The molecule has 0 saturated carbocycles. The third-order valence-electron chi connectivity index (χ3n) is 2.80. The van der Waals surface area contributed by atoms with Crippen molar-refractivity contribution in [2.45, 2.75) is 53.2 Å². The second-order valence-electron chi connectivity index (χ2n) is 6.18. The molecule has 0 aromatic carbocycles. The van der Waals surface area contributed by atoms with Crippen molar-refractivity contribution in [1.82, 2.24) is 20.4 Å². The van der Waals surface area contributed by atoms with E-state index in [1.807, 2.05) is 32.4 Å². The predicted molar refractivity (Wildman–Crippen MR) is 83.4 cm³/mol. The Bertz CT molecular complexity index is 449. The molecule has 6 heteroatoms. The van der Waals surface area contributed by atoms with Crippen molar-refractivity contribution in [3.8, 4) is 0 Å². The molecule has 1 amide bonds. The molecular weight excluding hydrogens is 268 g/mol. The lowest BCUT2D eigenvalue weighted by Gasteiger charge is -2.19. The average molecular weight is 296 g/mol. The first kappa shape index (κ1) is 17.5. The van der Waals surface area contributed by atoms with E-state index in [0.29, 0.717) is 6.54 Å². The van der Waals surface area contributed by atoms with Gasteiger partial charge in [-0.25, -0.2) is 4.79 Å². The van der Waals surface area contributed by atoms with Crippen LogP contribution in [-0.4, -0.2) is 41.1 Å². The van der Waals surface area contributed by atoms with Crippen molar-refractivity contribution >= 4 is 6.09 Å². The number of rotatable bonds is 7. The summed E-state index contributed by atoms with van der Waals surface area (Å²) in [4.78, 5) is 11.4. The second kappa shape index (κ2) is 8.02. The van der Waals surface area contributed by atoms with Crippen LogP contribution < -0.4 is 10.6 Å².